The van der Waals surface area contributed by atoms with Gasteiger partial charge in [-0.3, -0.25) is 14.4 Å². The van der Waals surface area contributed by atoms with Crippen molar-refractivity contribution in [1.29, 1.82) is 0 Å². The molecule has 2 N–H and O–H groups in total. The number of aryl methyl sites for hydroxylation is 1. The number of hydrogen-bond donors (Lipinski definition) is 2. The van der Waals surface area contributed by atoms with Gasteiger partial charge in [0.05, 0.1) is 13.1 Å². The van der Waals surface area contributed by atoms with Gasteiger partial charge in [-0.05, 0) is 25.5 Å². The lowest BCUT2D eigenvalue weighted by Crippen LogP contribution is -2.44. The van der Waals surface area contributed by atoms with Crippen LogP contribution in [-0.4, -0.2) is 42.3 Å². The minimum atomic E-state index is -0.337. The lowest BCUT2D eigenvalue weighted by atomic mass is 10.2. The molecule has 0 spiro atoms. The van der Waals surface area contributed by atoms with Crippen LogP contribution >= 0.6 is 0 Å². The molecular weight excluding hydrogens is 306 g/mol. The van der Waals surface area contributed by atoms with Crippen LogP contribution in [0.4, 0.5) is 5.69 Å². The Balaban J connectivity index is 2.44. The largest absolute Gasteiger partial charge is 0.345 e. The molecule has 6 heteroatoms. The van der Waals surface area contributed by atoms with Crippen LogP contribution in [0.3, 0.4) is 0 Å². The van der Waals surface area contributed by atoms with E-state index < -0.39 is 0 Å². The second-order valence-corrected chi connectivity index (χ2v) is 6.11. The zero-order chi connectivity index (χ0) is 18.1. The SMILES string of the molecule is CCCN(CC(=O)NCC(=O)Nc1ccc(C)cc1)C(=O)C(C)C. The fraction of sp³-hybridized carbons (Fsp3) is 0.500. The van der Waals surface area contributed by atoms with Crippen molar-refractivity contribution >= 4 is 23.4 Å². The molecule has 0 bridgehead atoms. The van der Waals surface area contributed by atoms with Crippen molar-refractivity contribution in [2.45, 2.75) is 34.1 Å². The summed E-state index contributed by atoms with van der Waals surface area (Å²) in [5, 5.41) is 5.26. The molecule has 0 saturated heterocycles. The molecule has 0 aromatic heterocycles. The average Bonchev–Trinajstić information content (AvgIpc) is 2.54. The quantitative estimate of drug-likeness (QED) is 0.763. The molecule has 24 heavy (non-hydrogen) atoms. The first-order valence-electron chi connectivity index (χ1n) is 8.25. The summed E-state index contributed by atoms with van der Waals surface area (Å²) in [6.45, 7) is 7.90. The molecule has 0 aliphatic carbocycles. The molecule has 0 aliphatic rings. The van der Waals surface area contributed by atoms with Crippen molar-refractivity contribution in [3.8, 4) is 0 Å². The number of hydrogen-bond acceptors (Lipinski definition) is 3. The molecule has 3 amide bonds. The van der Waals surface area contributed by atoms with E-state index in [0.717, 1.165) is 12.0 Å². The van der Waals surface area contributed by atoms with Gasteiger partial charge in [-0.2, -0.15) is 0 Å². The Morgan fingerprint density at radius 2 is 1.71 bits per heavy atom. The third-order valence-corrected chi connectivity index (χ3v) is 3.42. The molecule has 0 atom stereocenters. The first-order valence-corrected chi connectivity index (χ1v) is 8.25. The number of carbonyl (C=O) groups excluding carboxylic acids is 3. The smallest absolute Gasteiger partial charge is 0.243 e. The molecule has 132 valence electrons. The van der Waals surface area contributed by atoms with Gasteiger partial charge in [0.25, 0.3) is 0 Å². The van der Waals surface area contributed by atoms with Gasteiger partial charge < -0.3 is 15.5 Å². The maximum atomic E-state index is 12.0. The van der Waals surface area contributed by atoms with Gasteiger partial charge in [-0.15, -0.1) is 0 Å². The zero-order valence-corrected chi connectivity index (χ0v) is 14.9. The molecule has 0 fully saturated rings. The molecule has 0 unspecified atom stereocenters. The molecule has 1 aromatic carbocycles. The van der Waals surface area contributed by atoms with Crippen LogP contribution in [0.15, 0.2) is 24.3 Å². The van der Waals surface area contributed by atoms with Gasteiger partial charge in [0.15, 0.2) is 0 Å². The van der Waals surface area contributed by atoms with E-state index in [1.807, 2.05) is 26.0 Å². The van der Waals surface area contributed by atoms with Crippen molar-refractivity contribution in [2.24, 2.45) is 5.92 Å². The van der Waals surface area contributed by atoms with E-state index in [0.29, 0.717) is 12.2 Å². The van der Waals surface area contributed by atoms with Gasteiger partial charge in [-0.1, -0.05) is 38.5 Å². The lowest BCUT2D eigenvalue weighted by Gasteiger charge is -2.23. The third-order valence-electron chi connectivity index (χ3n) is 3.42. The van der Waals surface area contributed by atoms with Crippen LogP contribution in [0.2, 0.25) is 0 Å². The molecule has 1 rings (SSSR count). The van der Waals surface area contributed by atoms with Crippen LogP contribution in [-0.2, 0) is 14.4 Å². The van der Waals surface area contributed by atoms with Crippen molar-refractivity contribution in [3.05, 3.63) is 29.8 Å². The van der Waals surface area contributed by atoms with Crippen molar-refractivity contribution in [2.75, 3.05) is 25.0 Å². The van der Waals surface area contributed by atoms with E-state index in [1.165, 1.54) is 4.90 Å². The predicted molar refractivity (Wildman–Crippen MR) is 94.5 cm³/mol. The Bertz CT molecular complexity index is 567. The van der Waals surface area contributed by atoms with E-state index in [9.17, 15) is 14.4 Å². The van der Waals surface area contributed by atoms with E-state index in [1.54, 1.807) is 26.0 Å². The highest BCUT2D eigenvalue weighted by atomic mass is 16.2. The zero-order valence-electron chi connectivity index (χ0n) is 14.9. The second-order valence-electron chi connectivity index (χ2n) is 6.11. The predicted octanol–water partition coefficient (Wildman–Crippen LogP) is 1.94. The highest BCUT2D eigenvalue weighted by Gasteiger charge is 2.19. The van der Waals surface area contributed by atoms with Crippen LogP contribution in [0.25, 0.3) is 0 Å². The Labute approximate surface area is 143 Å². The number of nitrogens with one attached hydrogen (secondary N) is 2. The van der Waals surface area contributed by atoms with Gasteiger partial charge in [0, 0.05) is 18.2 Å². The lowest BCUT2D eigenvalue weighted by molar-refractivity contribution is -0.138. The number of anilines is 1. The Morgan fingerprint density at radius 1 is 1.08 bits per heavy atom. The topological polar surface area (TPSA) is 78.5 Å². The van der Waals surface area contributed by atoms with Crippen molar-refractivity contribution < 1.29 is 14.4 Å². The first-order chi connectivity index (χ1) is 11.3. The number of nitrogens with zero attached hydrogens (tertiary/aromatic N) is 1. The summed E-state index contributed by atoms with van der Waals surface area (Å²) in [5.74, 6) is -0.855. The van der Waals surface area contributed by atoms with Gasteiger partial charge >= 0.3 is 0 Å². The molecule has 0 saturated carbocycles. The first kappa shape index (κ1) is 19.7. The van der Waals surface area contributed by atoms with Gasteiger partial charge in [0.1, 0.15) is 0 Å². The average molecular weight is 333 g/mol. The summed E-state index contributed by atoms with van der Waals surface area (Å²) in [7, 11) is 0. The number of rotatable bonds is 8. The van der Waals surface area contributed by atoms with Gasteiger partial charge in [-0.25, -0.2) is 0 Å². The standard InChI is InChI=1S/C18H27N3O3/c1-5-10-21(18(24)13(2)3)12-17(23)19-11-16(22)20-15-8-6-14(4)7-9-15/h6-9,13H,5,10-12H2,1-4H3,(H,19,23)(H,20,22). The van der Waals surface area contributed by atoms with E-state index in [2.05, 4.69) is 10.6 Å². The van der Waals surface area contributed by atoms with Crippen molar-refractivity contribution in [3.63, 3.8) is 0 Å². The fourth-order valence-corrected chi connectivity index (χ4v) is 2.15. The maximum absolute atomic E-state index is 12.0. The Morgan fingerprint density at radius 3 is 2.25 bits per heavy atom. The molecule has 1 aromatic rings. The summed E-state index contributed by atoms with van der Waals surface area (Å²) in [6.07, 6.45) is 0.777. The van der Waals surface area contributed by atoms with Gasteiger partial charge in [0.2, 0.25) is 17.7 Å². The summed E-state index contributed by atoms with van der Waals surface area (Å²) in [6, 6.07) is 7.40. The van der Waals surface area contributed by atoms with Crippen LogP contribution in [0.5, 0.6) is 0 Å². The number of carbonyl (C=O) groups is 3. The summed E-state index contributed by atoms with van der Waals surface area (Å²) >= 11 is 0. The second kappa shape index (κ2) is 9.70. The molecule has 0 heterocycles. The van der Waals surface area contributed by atoms with Crippen LogP contribution in [0, 0.1) is 12.8 Å². The summed E-state index contributed by atoms with van der Waals surface area (Å²) < 4.78 is 0. The molecule has 0 aliphatic heterocycles. The number of amides is 3. The maximum Gasteiger partial charge on any atom is 0.243 e. The number of benzene rings is 1. The highest BCUT2D eigenvalue weighted by molar-refractivity contribution is 5.95. The van der Waals surface area contributed by atoms with Crippen LogP contribution in [0.1, 0.15) is 32.8 Å². The van der Waals surface area contributed by atoms with Crippen LogP contribution < -0.4 is 10.6 Å². The normalized spacial score (nSPS) is 10.4. The van der Waals surface area contributed by atoms with Crippen molar-refractivity contribution in [1.82, 2.24) is 10.2 Å². The summed E-state index contributed by atoms with van der Waals surface area (Å²) in [5.41, 5.74) is 1.79. The Hall–Kier alpha value is -2.37. The summed E-state index contributed by atoms with van der Waals surface area (Å²) in [4.78, 5) is 37.4. The molecule has 6 nitrogen and oxygen atoms in total. The fourth-order valence-electron chi connectivity index (χ4n) is 2.15. The highest BCUT2D eigenvalue weighted by Crippen LogP contribution is 2.08. The van der Waals surface area contributed by atoms with E-state index in [4.69, 9.17) is 0 Å². The minimum absolute atomic E-state index is 0.0251. The van der Waals surface area contributed by atoms with E-state index in [-0.39, 0.29) is 36.7 Å². The van der Waals surface area contributed by atoms with E-state index >= 15 is 0 Å². The Kier molecular flexibility index (Phi) is 7.95. The molecular formula is C18H27N3O3. The molecule has 0 radical (unpaired) electrons. The monoisotopic (exact) mass is 333 g/mol. The minimum Gasteiger partial charge on any atom is -0.345 e. The third kappa shape index (κ3) is 6.81.